The van der Waals surface area contributed by atoms with Gasteiger partial charge in [0, 0.05) is 11.8 Å². The quantitative estimate of drug-likeness (QED) is 0.670. The molecule has 0 atom stereocenters. The maximum Gasteiger partial charge on any atom is 0.126 e. The van der Waals surface area contributed by atoms with Crippen molar-refractivity contribution in [2.24, 2.45) is 5.73 Å². The van der Waals surface area contributed by atoms with Gasteiger partial charge in [0.05, 0.1) is 13.2 Å². The van der Waals surface area contributed by atoms with Crippen molar-refractivity contribution in [2.45, 2.75) is 26.7 Å². The summed E-state index contributed by atoms with van der Waals surface area (Å²) in [5.74, 6) is 3.92. The Morgan fingerprint density at radius 1 is 1.16 bits per heavy atom. The normalized spacial score (nSPS) is 10.5. The number of rotatable bonds is 10. The van der Waals surface area contributed by atoms with E-state index in [4.69, 9.17) is 15.2 Å². The van der Waals surface area contributed by atoms with Gasteiger partial charge in [-0.2, -0.15) is 11.8 Å². The highest BCUT2D eigenvalue weighted by Crippen LogP contribution is 2.25. The van der Waals surface area contributed by atoms with Gasteiger partial charge in [-0.3, -0.25) is 0 Å². The van der Waals surface area contributed by atoms with Crippen LogP contribution in [0.25, 0.3) is 0 Å². The highest BCUT2D eigenvalue weighted by atomic mass is 32.2. The van der Waals surface area contributed by atoms with Gasteiger partial charge < -0.3 is 15.2 Å². The lowest BCUT2D eigenvalue weighted by Gasteiger charge is -2.13. The van der Waals surface area contributed by atoms with E-state index in [0.717, 1.165) is 54.6 Å². The van der Waals surface area contributed by atoms with Gasteiger partial charge >= 0.3 is 0 Å². The predicted octanol–water partition coefficient (Wildman–Crippen LogP) is 3.11. The molecule has 0 heterocycles. The van der Waals surface area contributed by atoms with Gasteiger partial charge in [-0.1, -0.05) is 19.9 Å². The summed E-state index contributed by atoms with van der Waals surface area (Å²) in [4.78, 5) is 0. The highest BCUT2D eigenvalue weighted by Gasteiger charge is 2.06. The summed E-state index contributed by atoms with van der Waals surface area (Å²) in [7, 11) is 0. The first-order valence-electron chi connectivity index (χ1n) is 6.98. The molecule has 0 amide bonds. The summed E-state index contributed by atoms with van der Waals surface area (Å²) in [6.45, 7) is 6.36. The second kappa shape index (κ2) is 9.98. The van der Waals surface area contributed by atoms with Crippen molar-refractivity contribution in [2.75, 3.05) is 31.3 Å². The van der Waals surface area contributed by atoms with Gasteiger partial charge in [0.15, 0.2) is 0 Å². The van der Waals surface area contributed by atoms with E-state index in [2.05, 4.69) is 19.9 Å². The summed E-state index contributed by atoms with van der Waals surface area (Å²) >= 11 is 1.88. The Morgan fingerprint density at radius 3 is 2.68 bits per heavy atom. The molecule has 0 unspecified atom stereocenters. The topological polar surface area (TPSA) is 44.5 Å². The van der Waals surface area contributed by atoms with Crippen LogP contribution in [0.15, 0.2) is 18.2 Å². The summed E-state index contributed by atoms with van der Waals surface area (Å²) in [6.07, 6.45) is 1.85. The molecule has 0 radical (unpaired) electrons. The average Bonchev–Trinajstić information content (AvgIpc) is 2.43. The second-order valence-corrected chi connectivity index (χ2v) is 5.60. The molecule has 0 spiro atoms. The van der Waals surface area contributed by atoms with E-state index in [1.54, 1.807) is 0 Å². The number of nitrogens with two attached hydrogens (primary N) is 1. The van der Waals surface area contributed by atoms with Crippen molar-refractivity contribution >= 4 is 11.8 Å². The zero-order valence-corrected chi connectivity index (χ0v) is 12.8. The van der Waals surface area contributed by atoms with Crippen molar-refractivity contribution in [3.63, 3.8) is 0 Å². The van der Waals surface area contributed by atoms with E-state index in [9.17, 15) is 0 Å². The van der Waals surface area contributed by atoms with Gasteiger partial charge in [0.2, 0.25) is 0 Å². The first kappa shape index (κ1) is 16.2. The molecule has 19 heavy (non-hydrogen) atoms. The molecule has 0 saturated carbocycles. The molecule has 0 bridgehead atoms. The molecule has 0 fully saturated rings. The first-order valence-corrected chi connectivity index (χ1v) is 8.13. The van der Waals surface area contributed by atoms with Crippen molar-refractivity contribution in [1.82, 2.24) is 0 Å². The van der Waals surface area contributed by atoms with Crippen LogP contribution in [0.1, 0.15) is 25.8 Å². The molecule has 0 aliphatic carbocycles. The number of ether oxygens (including phenoxy) is 2. The third kappa shape index (κ3) is 6.21. The molecule has 0 saturated heterocycles. The van der Waals surface area contributed by atoms with Gasteiger partial charge in [-0.05, 0) is 36.8 Å². The van der Waals surface area contributed by atoms with E-state index < -0.39 is 0 Å². The summed E-state index contributed by atoms with van der Waals surface area (Å²) in [5.41, 5.74) is 6.79. The molecule has 3 nitrogen and oxygen atoms in total. The van der Waals surface area contributed by atoms with Crippen LogP contribution in [-0.2, 0) is 6.42 Å². The molecular weight excluding hydrogens is 258 g/mol. The molecule has 0 aliphatic heterocycles. The van der Waals surface area contributed by atoms with Crippen LogP contribution in [0.3, 0.4) is 0 Å². The van der Waals surface area contributed by atoms with Crippen molar-refractivity contribution in [1.29, 1.82) is 0 Å². The van der Waals surface area contributed by atoms with Gasteiger partial charge in [0.25, 0.3) is 0 Å². The molecule has 1 rings (SSSR count). The fourth-order valence-electron chi connectivity index (χ4n) is 1.70. The third-order valence-electron chi connectivity index (χ3n) is 2.61. The minimum Gasteiger partial charge on any atom is -0.493 e. The van der Waals surface area contributed by atoms with Crippen LogP contribution >= 0.6 is 11.8 Å². The fraction of sp³-hybridized carbons (Fsp3) is 0.600. The Hall–Kier alpha value is -0.870. The monoisotopic (exact) mass is 283 g/mol. The Bertz CT molecular complexity index is 358. The Kier molecular flexibility index (Phi) is 8.50. The molecule has 1 aromatic rings. The zero-order valence-electron chi connectivity index (χ0n) is 12.0. The maximum atomic E-state index is 5.86. The van der Waals surface area contributed by atoms with Gasteiger partial charge in [-0.15, -0.1) is 0 Å². The van der Waals surface area contributed by atoms with E-state index in [1.165, 1.54) is 0 Å². The summed E-state index contributed by atoms with van der Waals surface area (Å²) in [5, 5.41) is 0. The minimum absolute atomic E-state index is 0.634. The van der Waals surface area contributed by atoms with E-state index >= 15 is 0 Å². The van der Waals surface area contributed by atoms with E-state index in [-0.39, 0.29) is 0 Å². The number of benzene rings is 1. The Balaban J connectivity index is 2.65. The maximum absolute atomic E-state index is 5.86. The van der Waals surface area contributed by atoms with Crippen molar-refractivity contribution < 1.29 is 9.47 Å². The summed E-state index contributed by atoms with van der Waals surface area (Å²) in [6, 6.07) is 6.03. The van der Waals surface area contributed by atoms with Crippen LogP contribution in [0.5, 0.6) is 11.5 Å². The predicted molar refractivity (Wildman–Crippen MR) is 83.5 cm³/mol. The van der Waals surface area contributed by atoms with Crippen LogP contribution in [0.2, 0.25) is 0 Å². The molecule has 4 heteroatoms. The smallest absolute Gasteiger partial charge is 0.126 e. The molecule has 0 aromatic heterocycles. The number of hydrogen-bond donors (Lipinski definition) is 1. The molecule has 0 aliphatic rings. The lowest BCUT2D eigenvalue weighted by Crippen LogP contribution is -2.07. The fourth-order valence-corrected chi connectivity index (χ4v) is 2.19. The van der Waals surface area contributed by atoms with Crippen molar-refractivity contribution in [3.05, 3.63) is 23.8 Å². The van der Waals surface area contributed by atoms with Gasteiger partial charge in [-0.25, -0.2) is 0 Å². The molecule has 1 aromatic carbocycles. The van der Waals surface area contributed by atoms with Crippen LogP contribution in [0, 0.1) is 0 Å². The van der Waals surface area contributed by atoms with Crippen LogP contribution in [-0.4, -0.2) is 31.3 Å². The van der Waals surface area contributed by atoms with Crippen LogP contribution < -0.4 is 15.2 Å². The van der Waals surface area contributed by atoms with Crippen molar-refractivity contribution in [3.8, 4) is 11.5 Å². The first-order chi connectivity index (χ1) is 9.31. The lowest BCUT2D eigenvalue weighted by molar-refractivity contribution is 0.308. The summed E-state index contributed by atoms with van der Waals surface area (Å²) < 4.78 is 11.5. The minimum atomic E-state index is 0.634. The second-order valence-electron chi connectivity index (χ2n) is 4.20. The van der Waals surface area contributed by atoms with E-state index in [0.29, 0.717) is 6.54 Å². The third-order valence-corrected chi connectivity index (χ3v) is 3.48. The zero-order chi connectivity index (χ0) is 13.9. The standard InChI is InChI=1S/C15H25NO2S/c1-3-9-17-14-6-5-13(7-8-16)15(12-14)18-10-11-19-4-2/h5-6,12H,3-4,7-11,16H2,1-2H3. The highest BCUT2D eigenvalue weighted by molar-refractivity contribution is 7.99. The number of hydrogen-bond acceptors (Lipinski definition) is 4. The average molecular weight is 283 g/mol. The Morgan fingerprint density at radius 2 is 2.00 bits per heavy atom. The SMILES string of the molecule is CCCOc1ccc(CCN)c(OCCSCC)c1. The van der Waals surface area contributed by atoms with Crippen LogP contribution in [0.4, 0.5) is 0 Å². The Labute approximate surface area is 120 Å². The molecule has 2 N–H and O–H groups in total. The van der Waals surface area contributed by atoms with E-state index in [1.807, 2.05) is 23.9 Å². The number of thioether (sulfide) groups is 1. The molecular formula is C15H25NO2S. The lowest BCUT2D eigenvalue weighted by atomic mass is 10.1. The largest absolute Gasteiger partial charge is 0.493 e. The molecule has 108 valence electrons. The van der Waals surface area contributed by atoms with Gasteiger partial charge in [0.1, 0.15) is 11.5 Å².